The van der Waals surface area contributed by atoms with Crippen molar-refractivity contribution < 1.29 is 9.63 Å². The van der Waals surface area contributed by atoms with Gasteiger partial charge in [0.1, 0.15) is 5.69 Å². The molecule has 0 amide bonds. The number of rotatable bonds is 4. The van der Waals surface area contributed by atoms with Crippen molar-refractivity contribution in [2.24, 2.45) is 5.16 Å². The summed E-state index contributed by atoms with van der Waals surface area (Å²) >= 11 is 17.4. The Kier molecular flexibility index (Phi) is 4.79. The van der Waals surface area contributed by atoms with E-state index in [1.165, 1.54) is 5.38 Å². The summed E-state index contributed by atoms with van der Waals surface area (Å²) < 4.78 is -1.60. The second-order valence-electron chi connectivity index (χ2n) is 2.50. The molecule has 16 heavy (non-hydrogen) atoms. The first-order valence-electron chi connectivity index (χ1n) is 3.78. The highest BCUT2D eigenvalue weighted by Gasteiger charge is 2.21. The van der Waals surface area contributed by atoms with Crippen molar-refractivity contribution in [2.45, 2.75) is 3.79 Å². The minimum absolute atomic E-state index is 0.137. The fourth-order valence-electron chi connectivity index (χ4n) is 0.684. The van der Waals surface area contributed by atoms with Gasteiger partial charge in [0.15, 0.2) is 17.5 Å². The van der Waals surface area contributed by atoms with Gasteiger partial charge in [-0.3, -0.25) is 4.79 Å². The van der Waals surface area contributed by atoms with Crippen LogP contribution in [0.5, 0.6) is 0 Å². The van der Waals surface area contributed by atoms with Crippen LogP contribution in [0.3, 0.4) is 0 Å². The number of carbonyl (C=O) groups excluding carboxylic acids is 1. The number of hydrogen-bond donors (Lipinski definition) is 1. The molecule has 1 aromatic rings. The van der Waals surface area contributed by atoms with Gasteiger partial charge >= 0.3 is 0 Å². The summed E-state index contributed by atoms with van der Waals surface area (Å²) in [4.78, 5) is 19.0. The second-order valence-corrected chi connectivity index (χ2v) is 5.91. The minimum atomic E-state index is -1.60. The molecule has 1 rings (SSSR count). The van der Waals surface area contributed by atoms with Gasteiger partial charge in [-0.2, -0.15) is 0 Å². The average Bonchev–Trinajstić information content (AvgIpc) is 2.58. The van der Waals surface area contributed by atoms with E-state index in [9.17, 15) is 4.79 Å². The van der Waals surface area contributed by atoms with Gasteiger partial charge in [0, 0.05) is 5.38 Å². The quantitative estimate of drug-likeness (QED) is 0.523. The first-order valence-corrected chi connectivity index (χ1v) is 5.80. The summed E-state index contributed by atoms with van der Waals surface area (Å²) in [5.74, 6) is 0. The maximum atomic E-state index is 10.6. The zero-order valence-electron chi connectivity index (χ0n) is 7.61. The first kappa shape index (κ1) is 13.5. The lowest BCUT2D eigenvalue weighted by atomic mass is 10.3. The maximum absolute atomic E-state index is 10.6. The predicted octanol–water partition coefficient (Wildman–Crippen LogP) is 1.93. The third-order valence-electron chi connectivity index (χ3n) is 1.25. The van der Waals surface area contributed by atoms with Crippen LogP contribution in [-0.4, -0.2) is 27.4 Å². The molecule has 0 aliphatic rings. The largest absolute Gasteiger partial charge is 0.391 e. The van der Waals surface area contributed by atoms with Gasteiger partial charge in [-0.05, 0) is 0 Å². The van der Waals surface area contributed by atoms with E-state index in [2.05, 4.69) is 15.0 Å². The summed E-state index contributed by atoms with van der Waals surface area (Å²) in [7, 11) is 0. The monoisotopic (exact) mass is 300 g/mol. The molecule has 0 aliphatic carbocycles. The SMILES string of the molecule is Nc1nc(/C([C]=O)=N/OCC(Cl)(Cl)Cl)cs1. The Morgan fingerprint density at radius 3 is 2.81 bits per heavy atom. The van der Waals surface area contributed by atoms with Crippen molar-refractivity contribution in [3.8, 4) is 0 Å². The van der Waals surface area contributed by atoms with Crippen molar-refractivity contribution >= 4 is 63.3 Å². The van der Waals surface area contributed by atoms with E-state index in [1.54, 1.807) is 6.29 Å². The van der Waals surface area contributed by atoms with Crippen LogP contribution < -0.4 is 5.73 Å². The van der Waals surface area contributed by atoms with E-state index in [1.807, 2.05) is 0 Å². The molecule has 0 saturated carbocycles. The second kappa shape index (κ2) is 5.67. The van der Waals surface area contributed by atoms with Gasteiger partial charge in [-0.25, -0.2) is 4.98 Å². The lowest BCUT2D eigenvalue weighted by molar-refractivity contribution is 0.150. The Balaban J connectivity index is 2.68. The number of halogens is 3. The lowest BCUT2D eigenvalue weighted by Crippen LogP contribution is -2.12. The molecule has 0 unspecified atom stereocenters. The van der Waals surface area contributed by atoms with Crippen LogP contribution in [0, 0.1) is 0 Å². The van der Waals surface area contributed by atoms with Crippen LogP contribution in [-0.2, 0) is 9.63 Å². The molecular weight excluding hydrogens is 297 g/mol. The number of oxime groups is 1. The van der Waals surface area contributed by atoms with Crippen LogP contribution in [0.1, 0.15) is 5.69 Å². The molecule has 87 valence electrons. The number of nitrogens with zero attached hydrogens (tertiary/aromatic N) is 2. The van der Waals surface area contributed by atoms with Gasteiger partial charge in [0.25, 0.3) is 6.29 Å². The normalized spacial score (nSPS) is 12.6. The van der Waals surface area contributed by atoms with Crippen LogP contribution in [0.2, 0.25) is 0 Å². The molecular formula is C7H5Cl3N3O2S. The molecule has 1 aromatic heterocycles. The highest BCUT2D eigenvalue weighted by atomic mass is 35.6. The van der Waals surface area contributed by atoms with E-state index >= 15 is 0 Å². The molecule has 0 fully saturated rings. The number of nitrogens with two attached hydrogens (primary N) is 1. The average molecular weight is 302 g/mol. The highest BCUT2D eigenvalue weighted by molar-refractivity contribution is 7.13. The van der Waals surface area contributed by atoms with Crippen molar-refractivity contribution in [1.82, 2.24) is 4.98 Å². The molecule has 5 nitrogen and oxygen atoms in total. The van der Waals surface area contributed by atoms with Gasteiger partial charge in [0.2, 0.25) is 3.79 Å². The Hall–Kier alpha value is -0.560. The number of aromatic nitrogens is 1. The van der Waals surface area contributed by atoms with E-state index in [-0.39, 0.29) is 18.0 Å². The minimum Gasteiger partial charge on any atom is -0.391 e. The van der Waals surface area contributed by atoms with Crippen molar-refractivity contribution in [1.29, 1.82) is 0 Å². The van der Waals surface area contributed by atoms with Gasteiger partial charge < -0.3 is 10.6 Å². The van der Waals surface area contributed by atoms with Crippen molar-refractivity contribution in [2.75, 3.05) is 12.3 Å². The lowest BCUT2D eigenvalue weighted by Gasteiger charge is -2.07. The maximum Gasteiger partial charge on any atom is 0.259 e. The Morgan fingerprint density at radius 1 is 1.69 bits per heavy atom. The van der Waals surface area contributed by atoms with E-state index in [0.717, 1.165) is 11.3 Å². The molecule has 2 N–H and O–H groups in total. The Bertz CT molecular complexity index is 402. The number of thiazole rings is 1. The summed E-state index contributed by atoms with van der Waals surface area (Å²) in [6, 6.07) is 0. The molecule has 1 heterocycles. The third kappa shape index (κ3) is 4.52. The third-order valence-corrected chi connectivity index (χ3v) is 2.25. The van der Waals surface area contributed by atoms with E-state index in [0.29, 0.717) is 5.13 Å². The summed E-state index contributed by atoms with van der Waals surface area (Å²) in [5.41, 5.74) is 5.52. The van der Waals surface area contributed by atoms with Crippen molar-refractivity contribution in [3.63, 3.8) is 0 Å². The standard InChI is InChI=1S/C7H5Cl3N3O2S/c8-7(9,10)3-15-13-4(1-14)5-2-16-6(11)12-5/h2H,3H2,(H2,11,12)/b13-4+. The number of alkyl halides is 3. The predicted molar refractivity (Wildman–Crippen MR) is 65.0 cm³/mol. The van der Waals surface area contributed by atoms with Crippen LogP contribution >= 0.6 is 46.1 Å². The summed E-state index contributed by atoms with van der Waals surface area (Å²) in [6.45, 7) is -0.289. The molecule has 0 spiro atoms. The first-order chi connectivity index (χ1) is 7.42. The van der Waals surface area contributed by atoms with Crippen molar-refractivity contribution in [3.05, 3.63) is 11.1 Å². The van der Waals surface area contributed by atoms with E-state index < -0.39 is 3.79 Å². The number of nitrogen functional groups attached to an aromatic ring is 1. The van der Waals surface area contributed by atoms with Crippen LogP contribution in [0.15, 0.2) is 10.5 Å². The highest BCUT2D eigenvalue weighted by Crippen LogP contribution is 2.26. The fraction of sp³-hybridized carbons (Fsp3) is 0.286. The zero-order valence-corrected chi connectivity index (χ0v) is 10.7. The van der Waals surface area contributed by atoms with Crippen LogP contribution in [0.25, 0.3) is 0 Å². The van der Waals surface area contributed by atoms with Gasteiger partial charge in [-0.15, -0.1) is 11.3 Å². The molecule has 9 heteroatoms. The molecule has 0 aliphatic heterocycles. The van der Waals surface area contributed by atoms with Gasteiger partial charge in [-0.1, -0.05) is 40.0 Å². The number of hydrogen-bond acceptors (Lipinski definition) is 6. The Labute approximate surface area is 110 Å². The topological polar surface area (TPSA) is 77.6 Å². The van der Waals surface area contributed by atoms with Gasteiger partial charge in [0.05, 0.1) is 0 Å². The Morgan fingerprint density at radius 2 is 2.38 bits per heavy atom. The molecule has 0 saturated heterocycles. The molecule has 0 aromatic carbocycles. The smallest absolute Gasteiger partial charge is 0.259 e. The summed E-state index contributed by atoms with van der Waals surface area (Å²) in [6.07, 6.45) is 1.55. The molecule has 0 atom stereocenters. The van der Waals surface area contributed by atoms with E-state index in [4.69, 9.17) is 40.5 Å². The van der Waals surface area contributed by atoms with Crippen LogP contribution in [0.4, 0.5) is 5.13 Å². The molecule has 1 radical (unpaired) electrons. The number of anilines is 1. The summed E-state index contributed by atoms with van der Waals surface area (Å²) in [5, 5.41) is 5.28. The molecule has 0 bridgehead atoms. The zero-order chi connectivity index (χ0) is 12.2. The fourth-order valence-corrected chi connectivity index (χ4v) is 1.38.